The highest BCUT2D eigenvalue weighted by molar-refractivity contribution is 9.10. The van der Waals surface area contributed by atoms with Gasteiger partial charge in [-0.3, -0.25) is 4.79 Å². The molecule has 33 heavy (non-hydrogen) atoms. The van der Waals surface area contributed by atoms with Gasteiger partial charge in [-0.25, -0.2) is 0 Å². The van der Waals surface area contributed by atoms with Gasteiger partial charge in [-0.2, -0.15) is 0 Å². The van der Waals surface area contributed by atoms with Crippen molar-refractivity contribution < 1.29 is 15.0 Å². The van der Waals surface area contributed by atoms with Crippen LogP contribution in [0.5, 0.6) is 5.75 Å². The van der Waals surface area contributed by atoms with E-state index in [0.717, 1.165) is 16.4 Å². The molecular weight excluding hydrogens is 480 g/mol. The van der Waals surface area contributed by atoms with E-state index in [9.17, 15) is 15.0 Å². The number of amides is 1. The molecule has 1 fully saturated rings. The number of rotatable bonds is 8. The number of para-hydroxylation sites is 1. The van der Waals surface area contributed by atoms with E-state index in [1.165, 1.54) is 49.1 Å². The fourth-order valence-corrected chi connectivity index (χ4v) is 5.93. The third-order valence-electron chi connectivity index (χ3n) is 6.85. The number of hydrogen-bond donors (Lipinski definition) is 3. The lowest BCUT2D eigenvalue weighted by atomic mass is 9.75. The number of aromatic hydroxyl groups is 1. The number of phenols is 1. The second-order valence-electron chi connectivity index (χ2n) is 9.29. The lowest BCUT2D eigenvalue weighted by Crippen LogP contribution is -2.27. The number of aromatic nitrogens is 1. The standard InChI is InChI=1S/C27H33BrN2O3/c1-18(31)16-30-17-22(26-23(28)11-7-12-24(26)30)20(19-8-3-2-4-9-19)14-15-29-27(33)21-10-5-6-13-25(21)32/h5-7,10-13,17-20,31-32H,2-4,8-9,14-16H2,1H3,(H,29,33). The Bertz CT molecular complexity index is 1100. The van der Waals surface area contributed by atoms with Crippen molar-refractivity contribution in [3.05, 3.63) is 64.3 Å². The van der Waals surface area contributed by atoms with Gasteiger partial charge in [0, 0.05) is 34.7 Å². The number of halogens is 1. The van der Waals surface area contributed by atoms with Crippen LogP contribution in [0.25, 0.3) is 10.9 Å². The van der Waals surface area contributed by atoms with E-state index in [4.69, 9.17) is 0 Å². The van der Waals surface area contributed by atoms with Crippen molar-refractivity contribution in [1.82, 2.24) is 9.88 Å². The van der Waals surface area contributed by atoms with Gasteiger partial charge in [-0.15, -0.1) is 0 Å². The first-order valence-corrected chi connectivity index (χ1v) is 12.8. The first kappa shape index (κ1) is 23.8. The van der Waals surface area contributed by atoms with Crippen LogP contribution in [0, 0.1) is 5.92 Å². The highest BCUT2D eigenvalue weighted by atomic mass is 79.9. The molecule has 6 heteroatoms. The Kier molecular flexibility index (Phi) is 7.76. The Morgan fingerprint density at radius 3 is 2.64 bits per heavy atom. The first-order valence-electron chi connectivity index (χ1n) is 12.0. The summed E-state index contributed by atoms with van der Waals surface area (Å²) >= 11 is 3.78. The maximum atomic E-state index is 12.6. The van der Waals surface area contributed by atoms with Crippen molar-refractivity contribution in [2.24, 2.45) is 5.92 Å². The van der Waals surface area contributed by atoms with E-state index in [0.29, 0.717) is 30.5 Å². The summed E-state index contributed by atoms with van der Waals surface area (Å²) in [6.07, 6.45) is 8.81. The summed E-state index contributed by atoms with van der Waals surface area (Å²) in [5, 5.41) is 24.3. The Hall–Kier alpha value is -2.31. The second kappa shape index (κ2) is 10.7. The molecule has 4 rings (SSSR count). The molecule has 1 aliphatic carbocycles. The Balaban J connectivity index is 1.62. The molecule has 1 heterocycles. The van der Waals surface area contributed by atoms with Crippen molar-refractivity contribution in [1.29, 1.82) is 0 Å². The molecule has 0 spiro atoms. The summed E-state index contributed by atoms with van der Waals surface area (Å²) in [6.45, 7) is 2.91. The van der Waals surface area contributed by atoms with Crippen LogP contribution >= 0.6 is 15.9 Å². The van der Waals surface area contributed by atoms with Gasteiger partial charge in [-0.05, 0) is 67.9 Å². The third kappa shape index (κ3) is 5.44. The Labute approximate surface area is 203 Å². The summed E-state index contributed by atoms with van der Waals surface area (Å²) in [5.41, 5.74) is 2.73. The van der Waals surface area contributed by atoms with E-state index >= 15 is 0 Å². The van der Waals surface area contributed by atoms with Gasteiger partial charge in [0.25, 0.3) is 5.91 Å². The van der Waals surface area contributed by atoms with E-state index in [1.54, 1.807) is 18.2 Å². The van der Waals surface area contributed by atoms with Crippen LogP contribution < -0.4 is 5.32 Å². The van der Waals surface area contributed by atoms with E-state index in [2.05, 4.69) is 44.1 Å². The minimum Gasteiger partial charge on any atom is -0.507 e. The van der Waals surface area contributed by atoms with Gasteiger partial charge in [0.1, 0.15) is 5.75 Å². The number of carbonyl (C=O) groups excluding carboxylic acids is 1. The van der Waals surface area contributed by atoms with Gasteiger partial charge in [0.15, 0.2) is 0 Å². The number of aliphatic hydroxyl groups excluding tert-OH is 1. The average Bonchev–Trinajstić information content (AvgIpc) is 3.16. The van der Waals surface area contributed by atoms with Crippen LogP contribution in [0.2, 0.25) is 0 Å². The average molecular weight is 513 g/mol. The molecule has 0 aliphatic heterocycles. The number of nitrogens with one attached hydrogen (secondary N) is 1. The van der Waals surface area contributed by atoms with Crippen LogP contribution in [-0.2, 0) is 6.54 Å². The molecule has 0 radical (unpaired) electrons. The minimum absolute atomic E-state index is 0.00366. The molecule has 1 saturated carbocycles. The smallest absolute Gasteiger partial charge is 0.255 e. The highest BCUT2D eigenvalue weighted by Crippen LogP contribution is 2.43. The topological polar surface area (TPSA) is 74.5 Å². The van der Waals surface area contributed by atoms with Crippen LogP contribution in [0.3, 0.4) is 0 Å². The lowest BCUT2D eigenvalue weighted by molar-refractivity contribution is 0.0948. The molecule has 176 valence electrons. The molecular formula is C27H33BrN2O3. The number of phenolic OH excluding ortho intramolecular Hbond substituents is 1. The van der Waals surface area contributed by atoms with Gasteiger partial charge in [-0.1, -0.05) is 53.4 Å². The van der Waals surface area contributed by atoms with Crippen LogP contribution in [0.4, 0.5) is 0 Å². The fourth-order valence-electron chi connectivity index (χ4n) is 5.34. The summed E-state index contributed by atoms with van der Waals surface area (Å²) in [6, 6.07) is 12.9. The van der Waals surface area contributed by atoms with Crippen molar-refractivity contribution in [2.45, 2.75) is 64.0 Å². The number of nitrogens with zero attached hydrogens (tertiary/aromatic N) is 1. The molecule has 1 aliphatic rings. The number of carbonyl (C=O) groups is 1. The van der Waals surface area contributed by atoms with E-state index < -0.39 is 6.10 Å². The largest absolute Gasteiger partial charge is 0.507 e. The lowest BCUT2D eigenvalue weighted by Gasteiger charge is -2.30. The number of fused-ring (bicyclic) bond motifs is 1. The molecule has 3 N–H and O–H groups in total. The summed E-state index contributed by atoms with van der Waals surface area (Å²) in [5.74, 6) is 0.641. The summed E-state index contributed by atoms with van der Waals surface area (Å²) in [7, 11) is 0. The zero-order valence-electron chi connectivity index (χ0n) is 19.1. The fraction of sp³-hybridized carbons (Fsp3) is 0.444. The highest BCUT2D eigenvalue weighted by Gasteiger charge is 2.29. The molecule has 2 atom stereocenters. The van der Waals surface area contributed by atoms with Crippen molar-refractivity contribution in [3.8, 4) is 5.75 Å². The maximum absolute atomic E-state index is 12.6. The zero-order chi connectivity index (χ0) is 23.4. The quantitative estimate of drug-likeness (QED) is 0.347. The van der Waals surface area contributed by atoms with Gasteiger partial charge in [0.2, 0.25) is 0 Å². The van der Waals surface area contributed by atoms with Crippen LogP contribution in [0.15, 0.2) is 53.1 Å². The van der Waals surface area contributed by atoms with Crippen LogP contribution in [0.1, 0.15) is 67.3 Å². The van der Waals surface area contributed by atoms with E-state index in [-0.39, 0.29) is 11.7 Å². The maximum Gasteiger partial charge on any atom is 0.255 e. The molecule has 2 aromatic carbocycles. The molecule has 1 aromatic heterocycles. The molecule has 3 aromatic rings. The molecule has 2 unspecified atom stereocenters. The van der Waals surface area contributed by atoms with Crippen molar-refractivity contribution in [2.75, 3.05) is 6.54 Å². The molecule has 1 amide bonds. The Morgan fingerprint density at radius 1 is 1.15 bits per heavy atom. The Morgan fingerprint density at radius 2 is 1.91 bits per heavy atom. The molecule has 0 bridgehead atoms. The normalized spacial score (nSPS) is 16.6. The number of hydrogen-bond acceptors (Lipinski definition) is 3. The van der Waals surface area contributed by atoms with Crippen molar-refractivity contribution >= 4 is 32.7 Å². The van der Waals surface area contributed by atoms with E-state index in [1.807, 2.05) is 13.0 Å². The van der Waals surface area contributed by atoms with Crippen molar-refractivity contribution in [3.63, 3.8) is 0 Å². The zero-order valence-corrected chi connectivity index (χ0v) is 20.7. The molecule has 0 saturated heterocycles. The van der Waals surface area contributed by atoms with Gasteiger partial charge in [0.05, 0.1) is 11.7 Å². The SMILES string of the molecule is CC(O)Cn1cc(C(CCNC(=O)c2ccccc2O)C2CCCCC2)c2c(Br)cccc21. The third-order valence-corrected chi connectivity index (χ3v) is 7.51. The predicted octanol–water partition coefficient (Wildman–Crippen LogP) is 5.97. The van der Waals surface area contributed by atoms with Crippen LogP contribution in [-0.4, -0.2) is 33.3 Å². The minimum atomic E-state index is -0.432. The number of aliphatic hydroxyl groups is 1. The first-order chi connectivity index (χ1) is 16.0. The monoisotopic (exact) mass is 512 g/mol. The number of benzene rings is 2. The van der Waals surface area contributed by atoms with Gasteiger partial charge < -0.3 is 20.1 Å². The summed E-state index contributed by atoms with van der Waals surface area (Å²) < 4.78 is 3.23. The second-order valence-corrected chi connectivity index (χ2v) is 10.1. The predicted molar refractivity (Wildman–Crippen MR) is 136 cm³/mol. The summed E-state index contributed by atoms with van der Waals surface area (Å²) in [4.78, 5) is 12.6. The van der Waals surface area contributed by atoms with Gasteiger partial charge >= 0.3 is 0 Å². The molecule has 5 nitrogen and oxygen atoms in total.